The maximum Gasteiger partial charge on any atom is 0.318 e. The summed E-state index contributed by atoms with van der Waals surface area (Å²) in [5.41, 5.74) is 0.662. The molecule has 0 fully saturated rings. The van der Waals surface area contributed by atoms with Crippen LogP contribution < -0.4 is 10.1 Å². The van der Waals surface area contributed by atoms with Gasteiger partial charge >= 0.3 is 5.70 Å². The smallest absolute Gasteiger partial charge is 0.318 e. The molecule has 0 bridgehead atoms. The van der Waals surface area contributed by atoms with Crippen LogP contribution in [0.25, 0.3) is 10.8 Å². The third kappa shape index (κ3) is 2.40. The van der Waals surface area contributed by atoms with Gasteiger partial charge < -0.3 is 15.2 Å². The minimum Gasteiger partial charge on any atom is -0.508 e. The van der Waals surface area contributed by atoms with Crippen LogP contribution in [0.5, 0.6) is 11.5 Å². The summed E-state index contributed by atoms with van der Waals surface area (Å²) >= 11 is 1.46. The van der Waals surface area contributed by atoms with E-state index in [1.54, 1.807) is 25.2 Å². The maximum atomic E-state index is 11.8. The zero-order valence-electron chi connectivity index (χ0n) is 13.2. The van der Waals surface area contributed by atoms with Gasteiger partial charge in [-0.3, -0.25) is 10.1 Å². The van der Waals surface area contributed by atoms with Crippen LogP contribution in [0.15, 0.2) is 59.4 Å². The number of benzene rings is 2. The quantitative estimate of drug-likeness (QED) is 0.552. The molecular weight excluding hydrogens is 340 g/mol. The summed E-state index contributed by atoms with van der Waals surface area (Å²) in [6.07, 6.45) is 0. The number of nitrogens with zero attached hydrogens (tertiary/aromatic N) is 1. The van der Waals surface area contributed by atoms with E-state index in [9.17, 15) is 15.2 Å². The van der Waals surface area contributed by atoms with Crippen LogP contribution in [0, 0.1) is 10.1 Å². The third-order valence-electron chi connectivity index (χ3n) is 4.27. The monoisotopic (exact) mass is 354 g/mol. The molecule has 1 aliphatic rings. The topological polar surface area (TPSA) is 84.6 Å². The molecule has 0 aliphatic carbocycles. The summed E-state index contributed by atoms with van der Waals surface area (Å²) in [7, 11) is 1.60. The summed E-state index contributed by atoms with van der Waals surface area (Å²) < 4.78 is 5.78. The van der Waals surface area contributed by atoms with Crippen molar-refractivity contribution in [1.82, 2.24) is 5.32 Å². The number of nitro groups is 1. The Labute approximate surface area is 147 Å². The van der Waals surface area contributed by atoms with Crippen LogP contribution in [0.3, 0.4) is 0 Å². The first-order chi connectivity index (χ1) is 12.1. The van der Waals surface area contributed by atoms with Gasteiger partial charge in [0.2, 0.25) is 0 Å². The Morgan fingerprint density at radius 3 is 2.76 bits per heavy atom. The highest BCUT2D eigenvalue weighted by Gasteiger charge is 2.41. The zero-order chi connectivity index (χ0) is 17.6. The van der Waals surface area contributed by atoms with Gasteiger partial charge in [-0.15, -0.1) is 11.3 Å². The molecule has 0 saturated carbocycles. The van der Waals surface area contributed by atoms with Crippen LogP contribution in [-0.4, -0.2) is 17.1 Å². The van der Waals surface area contributed by atoms with Gasteiger partial charge in [-0.25, -0.2) is 0 Å². The van der Waals surface area contributed by atoms with E-state index in [4.69, 9.17) is 4.74 Å². The first-order valence-electron chi connectivity index (χ1n) is 7.63. The van der Waals surface area contributed by atoms with Gasteiger partial charge in [0, 0.05) is 17.5 Å². The fraction of sp³-hybridized carbons (Fsp3) is 0.111. The number of ether oxygens (including phenoxy) is 1. The van der Waals surface area contributed by atoms with E-state index < -0.39 is 10.8 Å². The Morgan fingerprint density at radius 2 is 2.08 bits per heavy atom. The predicted octanol–water partition coefficient (Wildman–Crippen LogP) is 3.80. The van der Waals surface area contributed by atoms with E-state index >= 15 is 0 Å². The molecule has 0 amide bonds. The van der Waals surface area contributed by atoms with Gasteiger partial charge in [-0.05, 0) is 40.4 Å². The molecule has 0 saturated heterocycles. The van der Waals surface area contributed by atoms with Gasteiger partial charge in [-0.1, -0.05) is 18.2 Å². The number of aromatic hydroxyl groups is 1. The van der Waals surface area contributed by atoms with Gasteiger partial charge in [0.15, 0.2) is 0 Å². The molecule has 1 aromatic heterocycles. The largest absolute Gasteiger partial charge is 0.508 e. The van der Waals surface area contributed by atoms with Crippen molar-refractivity contribution in [2.24, 2.45) is 0 Å². The normalized spacial score (nSPS) is 16.4. The van der Waals surface area contributed by atoms with Crippen molar-refractivity contribution in [1.29, 1.82) is 0 Å². The number of phenolic OH excluding ortho intramolecular Hbond substituents is 1. The van der Waals surface area contributed by atoms with Crippen molar-refractivity contribution in [3.05, 3.63) is 80.0 Å². The number of thiophene rings is 1. The number of nitrogens with one attached hydrogen (secondary N) is 1. The molecular formula is C18H14N2O4S. The zero-order valence-corrected chi connectivity index (χ0v) is 14.0. The number of hydrogen-bond donors (Lipinski definition) is 2. The number of hydrogen-bond acceptors (Lipinski definition) is 6. The Morgan fingerprint density at radius 1 is 1.28 bits per heavy atom. The molecule has 126 valence electrons. The molecule has 25 heavy (non-hydrogen) atoms. The lowest BCUT2D eigenvalue weighted by Crippen LogP contribution is -2.27. The fourth-order valence-corrected chi connectivity index (χ4v) is 4.06. The molecule has 7 heteroatoms. The molecule has 1 unspecified atom stereocenters. The second-order valence-electron chi connectivity index (χ2n) is 5.65. The Balaban J connectivity index is 2.09. The van der Waals surface area contributed by atoms with E-state index in [0.717, 1.165) is 15.6 Å². The number of fused-ring (bicyclic) bond motifs is 3. The minimum absolute atomic E-state index is 0.0340. The summed E-state index contributed by atoms with van der Waals surface area (Å²) in [5.74, 6) is 0.213. The van der Waals surface area contributed by atoms with Crippen molar-refractivity contribution in [2.75, 3.05) is 7.05 Å². The lowest BCUT2D eigenvalue weighted by atomic mass is 9.87. The number of rotatable bonds is 3. The standard InChI is InChI=1S/C18H14N2O4S/c1-19-18-17(20(22)23)16(14-3-2-8-25-14)15-12-9-11(21)6-4-10(12)5-7-13(15)24-18/h2-9,16,19,21H,1H3. The Hall–Kier alpha value is -3.06. The van der Waals surface area contributed by atoms with Crippen LogP contribution in [0.2, 0.25) is 0 Å². The van der Waals surface area contributed by atoms with E-state index in [-0.39, 0.29) is 17.3 Å². The lowest BCUT2D eigenvalue weighted by molar-refractivity contribution is -0.432. The molecule has 1 aliphatic heterocycles. The molecule has 2 N–H and O–H groups in total. The van der Waals surface area contributed by atoms with Crippen molar-refractivity contribution in [3.8, 4) is 11.5 Å². The van der Waals surface area contributed by atoms with E-state index in [1.807, 2.05) is 29.6 Å². The second kappa shape index (κ2) is 5.78. The first kappa shape index (κ1) is 15.5. The second-order valence-corrected chi connectivity index (χ2v) is 6.63. The molecule has 0 radical (unpaired) electrons. The average Bonchev–Trinajstić information content (AvgIpc) is 3.13. The Bertz CT molecular complexity index is 1010. The summed E-state index contributed by atoms with van der Waals surface area (Å²) in [5, 5.41) is 28.1. The van der Waals surface area contributed by atoms with Crippen LogP contribution in [0.1, 0.15) is 16.4 Å². The van der Waals surface area contributed by atoms with Gasteiger partial charge in [0.05, 0.1) is 4.92 Å². The van der Waals surface area contributed by atoms with E-state index in [2.05, 4.69) is 5.32 Å². The SMILES string of the molecule is CNC1=C([N+](=O)[O-])C(c2cccs2)c2c(ccc3ccc(O)cc23)O1. The average molecular weight is 354 g/mol. The summed E-state index contributed by atoms with van der Waals surface area (Å²) in [6, 6.07) is 12.4. The maximum absolute atomic E-state index is 11.8. The van der Waals surface area contributed by atoms with Crippen molar-refractivity contribution < 1.29 is 14.8 Å². The van der Waals surface area contributed by atoms with Crippen LogP contribution in [-0.2, 0) is 0 Å². The summed E-state index contributed by atoms with van der Waals surface area (Å²) in [4.78, 5) is 12.3. The number of phenols is 1. The van der Waals surface area contributed by atoms with Gasteiger partial charge in [0.1, 0.15) is 17.4 Å². The third-order valence-corrected chi connectivity index (χ3v) is 5.20. The van der Waals surface area contributed by atoms with Crippen LogP contribution in [0.4, 0.5) is 0 Å². The lowest BCUT2D eigenvalue weighted by Gasteiger charge is -2.26. The molecule has 4 rings (SSSR count). The molecule has 2 heterocycles. The fourth-order valence-electron chi connectivity index (χ4n) is 3.23. The minimum atomic E-state index is -0.577. The first-order valence-corrected chi connectivity index (χ1v) is 8.51. The van der Waals surface area contributed by atoms with E-state index in [0.29, 0.717) is 11.3 Å². The molecule has 6 nitrogen and oxygen atoms in total. The molecule has 0 spiro atoms. The van der Waals surface area contributed by atoms with E-state index in [1.165, 1.54) is 11.3 Å². The van der Waals surface area contributed by atoms with Crippen molar-refractivity contribution >= 4 is 22.1 Å². The highest BCUT2D eigenvalue weighted by Crippen LogP contribution is 2.47. The van der Waals surface area contributed by atoms with Crippen molar-refractivity contribution in [2.45, 2.75) is 5.92 Å². The highest BCUT2D eigenvalue weighted by molar-refractivity contribution is 7.10. The summed E-state index contributed by atoms with van der Waals surface area (Å²) in [6.45, 7) is 0. The highest BCUT2D eigenvalue weighted by atomic mass is 32.1. The molecule has 2 aromatic carbocycles. The van der Waals surface area contributed by atoms with Gasteiger partial charge in [0.25, 0.3) is 5.88 Å². The Kier molecular flexibility index (Phi) is 3.58. The molecule has 3 aromatic rings. The van der Waals surface area contributed by atoms with Crippen molar-refractivity contribution in [3.63, 3.8) is 0 Å². The van der Waals surface area contributed by atoms with Crippen LogP contribution >= 0.6 is 11.3 Å². The predicted molar refractivity (Wildman–Crippen MR) is 95.5 cm³/mol. The number of allylic oxidation sites excluding steroid dienone is 1. The van der Waals surface area contributed by atoms with Gasteiger partial charge in [-0.2, -0.15) is 0 Å². The molecule has 1 atom stereocenters.